The largest absolute Gasteiger partial charge is 0.495 e. The molecule has 4 nitrogen and oxygen atoms in total. The lowest BCUT2D eigenvalue weighted by atomic mass is 10.2. The molecule has 1 aromatic heterocycles. The maximum absolute atomic E-state index is 12.0. The van der Waals surface area contributed by atoms with E-state index >= 15 is 0 Å². The van der Waals surface area contributed by atoms with Crippen LogP contribution in [0.5, 0.6) is 5.75 Å². The second-order valence-corrected chi connectivity index (χ2v) is 4.40. The van der Waals surface area contributed by atoms with Gasteiger partial charge >= 0.3 is 0 Å². The summed E-state index contributed by atoms with van der Waals surface area (Å²) in [5.41, 5.74) is 1.97. The number of benzene rings is 1. The molecule has 0 spiro atoms. The van der Waals surface area contributed by atoms with E-state index in [-0.39, 0.29) is 5.91 Å². The predicted molar refractivity (Wildman–Crippen MR) is 74.9 cm³/mol. The Kier molecular flexibility index (Phi) is 4.02. The van der Waals surface area contributed by atoms with Crippen molar-refractivity contribution in [3.05, 3.63) is 52.8 Å². The van der Waals surface area contributed by atoms with Crippen molar-refractivity contribution < 1.29 is 9.53 Å². The molecular weight excluding hydrogens is 264 g/mol. The minimum absolute atomic E-state index is 0.228. The normalized spacial score (nSPS) is 10.1. The monoisotopic (exact) mass is 276 g/mol. The summed E-state index contributed by atoms with van der Waals surface area (Å²) >= 11 is 5.99. The van der Waals surface area contributed by atoms with Crippen molar-refractivity contribution >= 4 is 23.2 Å². The van der Waals surface area contributed by atoms with Gasteiger partial charge in [-0.2, -0.15) is 0 Å². The number of nitrogens with zero attached hydrogens (tertiary/aromatic N) is 1. The van der Waals surface area contributed by atoms with Gasteiger partial charge in [0.1, 0.15) is 5.75 Å². The van der Waals surface area contributed by atoms with Crippen LogP contribution in [-0.2, 0) is 0 Å². The number of halogens is 1. The molecule has 0 aliphatic heterocycles. The van der Waals surface area contributed by atoms with Crippen molar-refractivity contribution in [3.63, 3.8) is 0 Å². The van der Waals surface area contributed by atoms with Crippen molar-refractivity contribution in [3.8, 4) is 5.75 Å². The van der Waals surface area contributed by atoms with Gasteiger partial charge in [0.25, 0.3) is 5.91 Å². The summed E-state index contributed by atoms with van der Waals surface area (Å²) in [5.74, 6) is 0.338. The predicted octanol–water partition coefficient (Wildman–Crippen LogP) is 3.30. The lowest BCUT2D eigenvalue weighted by Crippen LogP contribution is -2.12. The number of pyridine rings is 1. The van der Waals surface area contributed by atoms with Crippen molar-refractivity contribution in [2.75, 3.05) is 12.4 Å². The molecule has 1 aromatic carbocycles. The number of carbonyl (C=O) groups is 1. The third kappa shape index (κ3) is 3.23. The van der Waals surface area contributed by atoms with Gasteiger partial charge in [-0.05, 0) is 37.3 Å². The van der Waals surface area contributed by atoms with Crippen LogP contribution in [0.4, 0.5) is 5.69 Å². The van der Waals surface area contributed by atoms with Gasteiger partial charge in [0.05, 0.1) is 17.7 Å². The highest BCUT2D eigenvalue weighted by molar-refractivity contribution is 6.32. The SMILES string of the molecule is COc1ccc(NC(=O)c2ccc(C)nc2)cc1Cl. The zero-order valence-electron chi connectivity index (χ0n) is 10.6. The average Bonchev–Trinajstić information content (AvgIpc) is 2.39. The molecular formula is C14H13ClN2O2. The molecule has 0 bridgehead atoms. The highest BCUT2D eigenvalue weighted by atomic mass is 35.5. The lowest BCUT2D eigenvalue weighted by molar-refractivity contribution is 0.102. The highest BCUT2D eigenvalue weighted by Crippen LogP contribution is 2.27. The van der Waals surface area contributed by atoms with E-state index in [1.54, 1.807) is 30.3 Å². The number of anilines is 1. The molecule has 0 radical (unpaired) electrons. The summed E-state index contributed by atoms with van der Waals surface area (Å²) in [6, 6.07) is 8.58. The number of hydrogen-bond donors (Lipinski definition) is 1. The summed E-state index contributed by atoms with van der Waals surface area (Å²) in [4.78, 5) is 16.0. The zero-order chi connectivity index (χ0) is 13.8. The minimum atomic E-state index is -0.228. The van der Waals surface area contributed by atoms with Crippen LogP contribution >= 0.6 is 11.6 Å². The van der Waals surface area contributed by atoms with E-state index in [9.17, 15) is 4.79 Å². The standard InChI is InChI=1S/C14H13ClN2O2/c1-9-3-4-10(8-16-9)14(18)17-11-5-6-13(19-2)12(15)7-11/h3-8H,1-2H3,(H,17,18). The maximum Gasteiger partial charge on any atom is 0.257 e. The van der Waals surface area contributed by atoms with E-state index in [0.717, 1.165) is 5.69 Å². The summed E-state index contributed by atoms with van der Waals surface area (Å²) < 4.78 is 5.05. The lowest BCUT2D eigenvalue weighted by Gasteiger charge is -2.08. The van der Waals surface area contributed by atoms with Gasteiger partial charge in [-0.1, -0.05) is 11.6 Å². The molecule has 1 heterocycles. The van der Waals surface area contributed by atoms with Gasteiger partial charge in [0.15, 0.2) is 0 Å². The number of nitrogens with one attached hydrogen (secondary N) is 1. The Morgan fingerprint density at radius 2 is 2.11 bits per heavy atom. The van der Waals surface area contributed by atoms with Crippen LogP contribution in [0.3, 0.4) is 0 Å². The molecule has 1 amide bonds. The van der Waals surface area contributed by atoms with Gasteiger partial charge in [-0.25, -0.2) is 0 Å². The molecule has 98 valence electrons. The average molecular weight is 277 g/mol. The molecule has 1 N–H and O–H groups in total. The fraction of sp³-hybridized carbons (Fsp3) is 0.143. The molecule has 2 rings (SSSR count). The van der Waals surface area contributed by atoms with E-state index in [0.29, 0.717) is 22.0 Å². The van der Waals surface area contributed by atoms with Crippen LogP contribution in [0.15, 0.2) is 36.5 Å². The van der Waals surface area contributed by atoms with Gasteiger partial charge in [-0.15, -0.1) is 0 Å². The molecule has 19 heavy (non-hydrogen) atoms. The number of hydrogen-bond acceptors (Lipinski definition) is 3. The number of aromatic nitrogens is 1. The first-order chi connectivity index (χ1) is 9.10. The molecule has 0 saturated carbocycles. The third-order valence-corrected chi connectivity index (χ3v) is 2.88. The topological polar surface area (TPSA) is 51.2 Å². The molecule has 0 fully saturated rings. The van der Waals surface area contributed by atoms with Gasteiger partial charge < -0.3 is 10.1 Å². The fourth-order valence-electron chi connectivity index (χ4n) is 1.55. The zero-order valence-corrected chi connectivity index (χ0v) is 11.4. The second kappa shape index (κ2) is 5.71. The van der Waals surface area contributed by atoms with Crippen LogP contribution in [0.1, 0.15) is 16.1 Å². The third-order valence-electron chi connectivity index (χ3n) is 2.58. The quantitative estimate of drug-likeness (QED) is 0.936. The van der Waals surface area contributed by atoms with E-state index in [1.807, 2.05) is 6.92 Å². The molecule has 0 unspecified atom stereocenters. The Balaban J connectivity index is 2.14. The van der Waals surface area contributed by atoms with Crippen molar-refractivity contribution in [2.24, 2.45) is 0 Å². The first-order valence-corrected chi connectivity index (χ1v) is 6.05. The van der Waals surface area contributed by atoms with E-state index in [2.05, 4.69) is 10.3 Å². The summed E-state index contributed by atoms with van der Waals surface area (Å²) in [7, 11) is 1.54. The van der Waals surface area contributed by atoms with Crippen molar-refractivity contribution in [2.45, 2.75) is 6.92 Å². The summed E-state index contributed by atoms with van der Waals surface area (Å²) in [5, 5.41) is 3.20. The Morgan fingerprint density at radius 1 is 1.32 bits per heavy atom. The molecule has 0 saturated heterocycles. The van der Waals surface area contributed by atoms with Crippen LogP contribution in [0.25, 0.3) is 0 Å². The molecule has 0 aliphatic carbocycles. The van der Waals surface area contributed by atoms with Gasteiger partial charge in [0.2, 0.25) is 0 Å². The van der Waals surface area contributed by atoms with E-state index < -0.39 is 0 Å². The van der Waals surface area contributed by atoms with Crippen LogP contribution in [0.2, 0.25) is 5.02 Å². The summed E-state index contributed by atoms with van der Waals surface area (Å²) in [6.07, 6.45) is 1.54. The molecule has 0 aliphatic rings. The van der Waals surface area contributed by atoms with E-state index in [1.165, 1.54) is 13.3 Å². The number of rotatable bonds is 3. The fourth-order valence-corrected chi connectivity index (χ4v) is 1.81. The second-order valence-electron chi connectivity index (χ2n) is 3.99. The number of ether oxygens (including phenoxy) is 1. The Hall–Kier alpha value is -2.07. The first kappa shape index (κ1) is 13.4. The molecule has 0 atom stereocenters. The Morgan fingerprint density at radius 3 is 2.68 bits per heavy atom. The van der Waals surface area contributed by atoms with Gasteiger partial charge in [-0.3, -0.25) is 9.78 Å². The minimum Gasteiger partial charge on any atom is -0.495 e. The number of amides is 1. The van der Waals surface area contributed by atoms with Gasteiger partial charge in [0, 0.05) is 17.6 Å². The number of methoxy groups -OCH3 is 1. The smallest absolute Gasteiger partial charge is 0.257 e. The van der Waals surface area contributed by atoms with E-state index in [4.69, 9.17) is 16.3 Å². The first-order valence-electron chi connectivity index (χ1n) is 5.67. The number of aryl methyl sites for hydroxylation is 1. The Bertz CT molecular complexity index is 597. The Labute approximate surface area is 116 Å². The summed E-state index contributed by atoms with van der Waals surface area (Å²) in [6.45, 7) is 1.87. The molecule has 5 heteroatoms. The maximum atomic E-state index is 12.0. The highest BCUT2D eigenvalue weighted by Gasteiger charge is 2.08. The van der Waals surface area contributed by atoms with Crippen LogP contribution < -0.4 is 10.1 Å². The van der Waals surface area contributed by atoms with Crippen LogP contribution in [-0.4, -0.2) is 18.0 Å². The molecule has 2 aromatic rings. The van der Waals surface area contributed by atoms with Crippen molar-refractivity contribution in [1.29, 1.82) is 0 Å². The van der Waals surface area contributed by atoms with Crippen LogP contribution in [0, 0.1) is 6.92 Å². The van der Waals surface area contributed by atoms with Crippen molar-refractivity contribution in [1.82, 2.24) is 4.98 Å². The number of carbonyl (C=O) groups excluding carboxylic acids is 1.